The van der Waals surface area contributed by atoms with E-state index >= 15 is 0 Å². The Labute approximate surface area is 149 Å². The first-order valence-corrected chi connectivity index (χ1v) is 8.73. The van der Waals surface area contributed by atoms with Gasteiger partial charge in [-0.25, -0.2) is 4.79 Å². The number of nitrogens with zero attached hydrogens (tertiary/aromatic N) is 1. The molecular weight excluding hydrogens is 336 g/mol. The van der Waals surface area contributed by atoms with Crippen molar-refractivity contribution in [3.05, 3.63) is 58.0 Å². The van der Waals surface area contributed by atoms with E-state index in [1.54, 1.807) is 6.08 Å². The number of nitriles is 1. The van der Waals surface area contributed by atoms with E-state index in [4.69, 9.17) is 4.74 Å². The molecule has 0 bridgehead atoms. The van der Waals surface area contributed by atoms with Crippen molar-refractivity contribution in [2.24, 2.45) is 0 Å². The highest BCUT2D eigenvalue weighted by molar-refractivity contribution is 7.16. The van der Waals surface area contributed by atoms with Gasteiger partial charge in [0.05, 0.1) is 5.56 Å². The topological polar surface area (TPSA) is 79.2 Å². The van der Waals surface area contributed by atoms with Crippen LogP contribution in [-0.2, 0) is 27.2 Å². The molecule has 0 saturated carbocycles. The number of hydrogen-bond donors (Lipinski definition) is 1. The highest BCUT2D eigenvalue weighted by Crippen LogP contribution is 2.38. The molecule has 1 N–H and O–H groups in total. The molecule has 1 amide bonds. The van der Waals surface area contributed by atoms with Gasteiger partial charge in [-0.1, -0.05) is 30.3 Å². The van der Waals surface area contributed by atoms with Crippen LogP contribution in [0.3, 0.4) is 0 Å². The van der Waals surface area contributed by atoms with Gasteiger partial charge in [0, 0.05) is 11.0 Å². The number of fused-ring (bicyclic) bond motifs is 1. The molecule has 25 heavy (non-hydrogen) atoms. The number of amides is 1. The van der Waals surface area contributed by atoms with Gasteiger partial charge >= 0.3 is 5.97 Å². The summed E-state index contributed by atoms with van der Waals surface area (Å²) < 4.78 is 4.93. The van der Waals surface area contributed by atoms with E-state index in [-0.39, 0.29) is 6.61 Å². The van der Waals surface area contributed by atoms with E-state index in [2.05, 4.69) is 11.4 Å². The van der Waals surface area contributed by atoms with Gasteiger partial charge in [-0.2, -0.15) is 5.26 Å². The van der Waals surface area contributed by atoms with Crippen LogP contribution in [0.1, 0.15) is 28.0 Å². The summed E-state index contributed by atoms with van der Waals surface area (Å²) in [6.07, 6.45) is 5.78. The fourth-order valence-corrected chi connectivity index (χ4v) is 3.94. The third-order valence-electron chi connectivity index (χ3n) is 3.84. The average Bonchev–Trinajstić information content (AvgIpc) is 3.19. The molecule has 0 unspecified atom stereocenters. The summed E-state index contributed by atoms with van der Waals surface area (Å²) in [5.41, 5.74) is 2.46. The molecule has 5 nitrogen and oxygen atoms in total. The molecule has 1 aromatic heterocycles. The van der Waals surface area contributed by atoms with E-state index < -0.39 is 11.9 Å². The molecule has 0 atom stereocenters. The Morgan fingerprint density at radius 3 is 2.84 bits per heavy atom. The maximum absolute atomic E-state index is 12.0. The van der Waals surface area contributed by atoms with Crippen LogP contribution >= 0.6 is 11.3 Å². The van der Waals surface area contributed by atoms with Crippen molar-refractivity contribution < 1.29 is 14.3 Å². The molecule has 1 heterocycles. The van der Waals surface area contributed by atoms with Gasteiger partial charge in [-0.3, -0.25) is 4.79 Å². The molecule has 1 aliphatic carbocycles. The van der Waals surface area contributed by atoms with Gasteiger partial charge in [-0.15, -0.1) is 11.3 Å². The minimum absolute atomic E-state index is 0.384. The molecule has 126 valence electrons. The molecule has 2 aromatic rings. The zero-order chi connectivity index (χ0) is 17.6. The molecule has 0 spiro atoms. The molecular formula is C19H16N2O3S. The second kappa shape index (κ2) is 7.77. The van der Waals surface area contributed by atoms with Crippen molar-refractivity contribution in [1.82, 2.24) is 0 Å². The monoisotopic (exact) mass is 352 g/mol. The van der Waals surface area contributed by atoms with Gasteiger partial charge in [-0.05, 0) is 36.5 Å². The molecule has 1 aromatic carbocycles. The summed E-state index contributed by atoms with van der Waals surface area (Å²) in [6.45, 7) is -0.384. The SMILES string of the molecule is N#Cc1c(NC(=O)COC(=O)C=Cc2ccccc2)sc2c1CCC2. The van der Waals surface area contributed by atoms with Gasteiger partial charge in [0.15, 0.2) is 6.61 Å². The number of thiophene rings is 1. The minimum atomic E-state index is -0.590. The van der Waals surface area contributed by atoms with E-state index in [1.807, 2.05) is 30.3 Å². The first kappa shape index (κ1) is 16.9. The van der Waals surface area contributed by atoms with Crippen LogP contribution in [0.25, 0.3) is 6.08 Å². The summed E-state index contributed by atoms with van der Waals surface area (Å²) in [7, 11) is 0. The van der Waals surface area contributed by atoms with Crippen LogP contribution in [0, 0.1) is 11.3 Å². The minimum Gasteiger partial charge on any atom is -0.452 e. The van der Waals surface area contributed by atoms with E-state index in [0.29, 0.717) is 10.6 Å². The first-order valence-electron chi connectivity index (χ1n) is 7.91. The fourth-order valence-electron chi connectivity index (χ4n) is 2.69. The second-order valence-electron chi connectivity index (χ2n) is 5.57. The summed E-state index contributed by atoms with van der Waals surface area (Å²) in [5.74, 6) is -1.04. The lowest BCUT2D eigenvalue weighted by atomic mass is 10.1. The third-order valence-corrected chi connectivity index (χ3v) is 5.05. The average molecular weight is 352 g/mol. The number of anilines is 1. The van der Waals surface area contributed by atoms with Gasteiger partial charge in [0.1, 0.15) is 11.1 Å². The molecule has 0 fully saturated rings. The predicted octanol–water partition coefficient (Wildman–Crippen LogP) is 3.30. The number of aryl methyl sites for hydroxylation is 1. The van der Waals surface area contributed by atoms with Crippen LogP contribution in [-0.4, -0.2) is 18.5 Å². The number of benzene rings is 1. The quantitative estimate of drug-likeness (QED) is 0.661. The number of hydrogen-bond acceptors (Lipinski definition) is 5. The normalized spacial score (nSPS) is 12.6. The highest BCUT2D eigenvalue weighted by Gasteiger charge is 2.23. The maximum atomic E-state index is 12.0. The third kappa shape index (κ3) is 4.14. The van der Waals surface area contributed by atoms with Crippen molar-refractivity contribution in [1.29, 1.82) is 5.26 Å². The Morgan fingerprint density at radius 2 is 2.08 bits per heavy atom. The maximum Gasteiger partial charge on any atom is 0.331 e. The fraction of sp³-hybridized carbons (Fsp3) is 0.211. The number of rotatable bonds is 5. The number of carbonyl (C=O) groups excluding carboxylic acids is 2. The van der Waals surface area contributed by atoms with Crippen LogP contribution in [0.2, 0.25) is 0 Å². The summed E-state index contributed by atoms with van der Waals surface area (Å²) >= 11 is 1.43. The lowest BCUT2D eigenvalue weighted by molar-refractivity contribution is -0.142. The first-order chi connectivity index (χ1) is 12.2. The summed E-state index contributed by atoms with van der Waals surface area (Å²) in [6, 6.07) is 11.5. The zero-order valence-electron chi connectivity index (χ0n) is 13.5. The lowest BCUT2D eigenvalue weighted by Gasteiger charge is -2.04. The second-order valence-corrected chi connectivity index (χ2v) is 6.68. The Balaban J connectivity index is 1.53. The standard InChI is InChI=1S/C19H16N2O3S/c20-11-15-14-7-4-8-16(14)25-19(15)21-17(22)12-24-18(23)10-9-13-5-2-1-3-6-13/h1-3,5-6,9-10H,4,7-8,12H2,(H,21,22). The van der Waals surface area contributed by atoms with Crippen molar-refractivity contribution in [2.45, 2.75) is 19.3 Å². The predicted molar refractivity (Wildman–Crippen MR) is 96.1 cm³/mol. The molecule has 0 radical (unpaired) electrons. The highest BCUT2D eigenvalue weighted by atomic mass is 32.1. The summed E-state index contributed by atoms with van der Waals surface area (Å²) in [4.78, 5) is 24.8. The Hall–Kier alpha value is -2.91. The number of esters is 1. The van der Waals surface area contributed by atoms with Gasteiger partial charge in [0.25, 0.3) is 5.91 Å². The Morgan fingerprint density at radius 1 is 1.28 bits per heavy atom. The molecule has 0 aliphatic heterocycles. The lowest BCUT2D eigenvalue weighted by Crippen LogP contribution is -2.20. The van der Waals surface area contributed by atoms with Crippen LogP contribution < -0.4 is 5.32 Å². The number of carbonyl (C=O) groups is 2. The van der Waals surface area contributed by atoms with Crippen molar-refractivity contribution in [2.75, 3.05) is 11.9 Å². The summed E-state index contributed by atoms with van der Waals surface area (Å²) in [5, 5.41) is 12.5. The van der Waals surface area contributed by atoms with E-state index in [9.17, 15) is 14.9 Å². The van der Waals surface area contributed by atoms with Crippen LogP contribution in [0.4, 0.5) is 5.00 Å². The Bertz CT molecular complexity index is 863. The molecule has 6 heteroatoms. The molecule has 1 aliphatic rings. The van der Waals surface area contributed by atoms with E-state index in [1.165, 1.54) is 17.4 Å². The zero-order valence-corrected chi connectivity index (χ0v) is 14.3. The van der Waals surface area contributed by atoms with Crippen molar-refractivity contribution in [3.63, 3.8) is 0 Å². The van der Waals surface area contributed by atoms with Crippen molar-refractivity contribution in [3.8, 4) is 6.07 Å². The molecule has 3 rings (SSSR count). The van der Waals surface area contributed by atoms with E-state index in [0.717, 1.165) is 35.3 Å². The number of nitrogens with one attached hydrogen (secondary N) is 1. The van der Waals surface area contributed by atoms with Gasteiger partial charge < -0.3 is 10.1 Å². The van der Waals surface area contributed by atoms with Crippen molar-refractivity contribution >= 4 is 34.3 Å². The largest absolute Gasteiger partial charge is 0.452 e. The number of ether oxygens (including phenoxy) is 1. The van der Waals surface area contributed by atoms with Crippen LogP contribution in [0.15, 0.2) is 36.4 Å². The smallest absolute Gasteiger partial charge is 0.331 e. The van der Waals surface area contributed by atoms with Gasteiger partial charge in [0.2, 0.25) is 0 Å². The van der Waals surface area contributed by atoms with Crippen LogP contribution in [0.5, 0.6) is 0 Å². The Kier molecular flexibility index (Phi) is 5.26. The molecule has 0 saturated heterocycles.